The Morgan fingerprint density at radius 3 is 2.78 bits per heavy atom. The fourth-order valence-corrected chi connectivity index (χ4v) is 6.25. The molecule has 0 radical (unpaired) electrons. The normalized spacial score (nSPS) is 20.2. The van der Waals surface area contributed by atoms with Crippen molar-refractivity contribution in [3.05, 3.63) is 89.9 Å². The van der Waals surface area contributed by atoms with Crippen LogP contribution < -0.4 is 4.74 Å². The number of sulfonamides is 1. The number of ether oxygens (including phenoxy) is 1. The minimum atomic E-state index is -3.82. The molecule has 1 aliphatic rings. The lowest BCUT2D eigenvalue weighted by atomic mass is 9.95. The quantitative estimate of drug-likeness (QED) is 0.487. The van der Waals surface area contributed by atoms with Crippen LogP contribution in [-0.2, 0) is 23.0 Å². The number of aromatic nitrogens is 2. The van der Waals surface area contributed by atoms with Crippen LogP contribution in [0.15, 0.2) is 78.1 Å². The van der Waals surface area contributed by atoms with Gasteiger partial charge in [0.1, 0.15) is 5.75 Å². The second kappa shape index (κ2) is 8.05. The van der Waals surface area contributed by atoms with E-state index in [1.54, 1.807) is 49.8 Å². The Balaban J connectivity index is 1.61. The zero-order valence-corrected chi connectivity index (χ0v) is 18.3. The summed E-state index contributed by atoms with van der Waals surface area (Å²) < 4.78 is 34.0. The summed E-state index contributed by atoms with van der Waals surface area (Å²) in [6.07, 6.45) is 4.53. The molecule has 5 rings (SSSR count). The lowest BCUT2D eigenvalue weighted by Gasteiger charge is -2.39. The van der Waals surface area contributed by atoms with E-state index in [4.69, 9.17) is 4.74 Å². The van der Waals surface area contributed by atoms with Crippen molar-refractivity contribution in [1.82, 2.24) is 14.3 Å². The first-order chi connectivity index (χ1) is 15.5. The first kappa shape index (κ1) is 20.7. The second-order valence-corrected chi connectivity index (χ2v) is 9.75. The number of pyridine rings is 1. The molecule has 4 aromatic rings. The molecule has 2 aromatic carbocycles. The molecular formula is C24H23N3O4S. The summed E-state index contributed by atoms with van der Waals surface area (Å²) in [5.41, 5.74) is 3.02. The molecule has 2 atom stereocenters. The Morgan fingerprint density at radius 1 is 1.16 bits per heavy atom. The molecule has 8 heteroatoms. The molecule has 32 heavy (non-hydrogen) atoms. The summed E-state index contributed by atoms with van der Waals surface area (Å²) in [6, 6.07) is 15.3. The van der Waals surface area contributed by atoms with Crippen molar-refractivity contribution in [1.29, 1.82) is 0 Å². The van der Waals surface area contributed by atoms with Gasteiger partial charge >= 0.3 is 0 Å². The van der Waals surface area contributed by atoms with Gasteiger partial charge in [-0.2, -0.15) is 4.31 Å². The zero-order valence-electron chi connectivity index (χ0n) is 17.5. The number of aromatic amines is 1. The highest BCUT2D eigenvalue weighted by Crippen LogP contribution is 2.39. The van der Waals surface area contributed by atoms with Gasteiger partial charge in [0.15, 0.2) is 0 Å². The minimum Gasteiger partial charge on any atom is -0.497 e. The first-order valence-electron chi connectivity index (χ1n) is 10.3. The molecule has 0 fully saturated rings. The third kappa shape index (κ3) is 3.46. The van der Waals surface area contributed by atoms with Crippen molar-refractivity contribution in [3.8, 4) is 5.75 Å². The molecule has 0 aliphatic carbocycles. The van der Waals surface area contributed by atoms with Crippen molar-refractivity contribution < 1.29 is 18.3 Å². The standard InChI is InChI=1S/C24H23N3O4S/c1-31-18-8-9-21-20(12-18)17(14-26-21)11-22-24(28)19-6-2-3-7-23(19)32(29,30)27(22)15-16-5-4-10-25-13-16/h2-10,12-14,22,24,26,28H,11,15H2,1H3/t22-,24-/m0/s1. The maximum atomic E-state index is 13.6. The average molecular weight is 450 g/mol. The number of aliphatic hydroxyl groups is 1. The van der Waals surface area contributed by atoms with Crippen LogP contribution >= 0.6 is 0 Å². The number of benzene rings is 2. The summed E-state index contributed by atoms with van der Waals surface area (Å²) >= 11 is 0. The summed E-state index contributed by atoms with van der Waals surface area (Å²) in [4.78, 5) is 7.50. The van der Waals surface area contributed by atoms with Gasteiger partial charge in [-0.25, -0.2) is 8.42 Å². The third-order valence-corrected chi connectivity index (χ3v) is 7.97. The summed E-state index contributed by atoms with van der Waals surface area (Å²) in [5, 5.41) is 12.3. The number of aliphatic hydroxyl groups excluding tert-OH is 1. The Labute approximate surface area is 186 Å². The maximum Gasteiger partial charge on any atom is 0.244 e. The van der Waals surface area contributed by atoms with Crippen molar-refractivity contribution in [2.24, 2.45) is 0 Å². The summed E-state index contributed by atoms with van der Waals surface area (Å²) in [5.74, 6) is 0.715. The SMILES string of the molecule is COc1ccc2[nH]cc(C[C@H]3[C@@H](O)c4ccccc4S(=O)(=O)N3Cc3cccnc3)c2c1. The first-order valence-corrected chi connectivity index (χ1v) is 11.7. The Bertz CT molecular complexity index is 1370. The van der Waals surface area contributed by atoms with Crippen LogP contribution in [0.2, 0.25) is 0 Å². The van der Waals surface area contributed by atoms with Gasteiger partial charge in [-0.1, -0.05) is 24.3 Å². The van der Waals surface area contributed by atoms with Crippen molar-refractivity contribution in [2.75, 3.05) is 7.11 Å². The summed E-state index contributed by atoms with van der Waals surface area (Å²) in [6.45, 7) is 0.123. The van der Waals surface area contributed by atoms with E-state index in [-0.39, 0.29) is 11.4 Å². The molecule has 2 aromatic heterocycles. The zero-order chi connectivity index (χ0) is 22.3. The van der Waals surface area contributed by atoms with Crippen LogP contribution in [0.25, 0.3) is 10.9 Å². The molecule has 0 unspecified atom stereocenters. The number of H-pyrrole nitrogens is 1. The molecule has 0 saturated heterocycles. The molecule has 1 aliphatic heterocycles. The van der Waals surface area contributed by atoms with Gasteiger partial charge < -0.3 is 14.8 Å². The average Bonchev–Trinajstić information content (AvgIpc) is 3.22. The Morgan fingerprint density at radius 2 is 2.00 bits per heavy atom. The van der Waals surface area contributed by atoms with Crippen LogP contribution in [0.3, 0.4) is 0 Å². The second-order valence-electron chi connectivity index (χ2n) is 7.89. The monoisotopic (exact) mass is 449 g/mol. The minimum absolute atomic E-state index is 0.123. The van der Waals surface area contributed by atoms with Crippen LogP contribution in [0, 0.1) is 0 Å². The number of nitrogens with zero attached hydrogens (tertiary/aromatic N) is 2. The van der Waals surface area contributed by atoms with Gasteiger partial charge in [0.2, 0.25) is 10.0 Å². The van der Waals surface area contributed by atoms with Gasteiger partial charge in [-0.3, -0.25) is 4.98 Å². The molecule has 164 valence electrons. The predicted molar refractivity (Wildman–Crippen MR) is 121 cm³/mol. The molecule has 0 bridgehead atoms. The number of methoxy groups -OCH3 is 1. The largest absolute Gasteiger partial charge is 0.497 e. The highest BCUT2D eigenvalue weighted by Gasteiger charge is 2.43. The van der Waals surface area contributed by atoms with Crippen molar-refractivity contribution in [2.45, 2.75) is 30.0 Å². The van der Waals surface area contributed by atoms with Gasteiger partial charge in [0.25, 0.3) is 0 Å². The number of hydrogen-bond acceptors (Lipinski definition) is 5. The summed E-state index contributed by atoms with van der Waals surface area (Å²) in [7, 11) is -2.21. The topological polar surface area (TPSA) is 95.5 Å². The smallest absolute Gasteiger partial charge is 0.244 e. The Hall–Kier alpha value is -3.20. The van der Waals surface area contributed by atoms with Crippen LogP contribution in [-0.4, -0.2) is 40.9 Å². The van der Waals surface area contributed by atoms with E-state index in [1.807, 2.05) is 30.5 Å². The third-order valence-electron chi connectivity index (χ3n) is 6.02. The number of rotatable bonds is 5. The molecule has 3 heterocycles. The van der Waals surface area contributed by atoms with Crippen LogP contribution in [0.4, 0.5) is 0 Å². The van der Waals surface area contributed by atoms with E-state index in [1.165, 1.54) is 4.31 Å². The fourth-order valence-electron chi connectivity index (χ4n) is 4.40. The van der Waals surface area contributed by atoms with E-state index in [0.29, 0.717) is 17.7 Å². The molecule has 0 saturated carbocycles. The number of hydrogen-bond donors (Lipinski definition) is 2. The predicted octanol–water partition coefficient (Wildman–Crippen LogP) is 3.42. The highest BCUT2D eigenvalue weighted by molar-refractivity contribution is 7.89. The van der Waals surface area contributed by atoms with Crippen LogP contribution in [0.5, 0.6) is 5.75 Å². The molecule has 7 nitrogen and oxygen atoms in total. The molecule has 0 spiro atoms. The van der Waals surface area contributed by atoms with Gasteiger partial charge in [-0.15, -0.1) is 0 Å². The van der Waals surface area contributed by atoms with E-state index < -0.39 is 22.2 Å². The van der Waals surface area contributed by atoms with Crippen molar-refractivity contribution >= 4 is 20.9 Å². The number of nitrogens with one attached hydrogen (secondary N) is 1. The molecule has 2 N–H and O–H groups in total. The Kier molecular flexibility index (Phi) is 5.21. The molecule has 0 amide bonds. The molecular weight excluding hydrogens is 426 g/mol. The fraction of sp³-hybridized carbons (Fsp3) is 0.208. The maximum absolute atomic E-state index is 13.6. The van der Waals surface area contributed by atoms with Gasteiger partial charge in [-0.05, 0) is 47.9 Å². The lowest BCUT2D eigenvalue weighted by Crippen LogP contribution is -2.48. The lowest BCUT2D eigenvalue weighted by molar-refractivity contribution is 0.0771. The van der Waals surface area contributed by atoms with E-state index >= 15 is 0 Å². The van der Waals surface area contributed by atoms with Crippen LogP contribution in [0.1, 0.15) is 22.8 Å². The van der Waals surface area contributed by atoms with E-state index in [0.717, 1.165) is 22.0 Å². The number of fused-ring (bicyclic) bond motifs is 2. The van der Waals surface area contributed by atoms with Gasteiger partial charge in [0, 0.05) is 41.6 Å². The van der Waals surface area contributed by atoms with E-state index in [9.17, 15) is 13.5 Å². The highest BCUT2D eigenvalue weighted by atomic mass is 32.2. The van der Waals surface area contributed by atoms with E-state index in [2.05, 4.69) is 9.97 Å². The van der Waals surface area contributed by atoms with Crippen molar-refractivity contribution in [3.63, 3.8) is 0 Å². The van der Waals surface area contributed by atoms with Gasteiger partial charge in [0.05, 0.1) is 24.2 Å².